The Hall–Kier alpha value is -1.40. The van der Waals surface area contributed by atoms with Crippen molar-refractivity contribution in [3.63, 3.8) is 0 Å². The van der Waals surface area contributed by atoms with Crippen molar-refractivity contribution in [3.05, 3.63) is 24.3 Å². The molecule has 0 fully saturated rings. The van der Waals surface area contributed by atoms with Gasteiger partial charge in [0.25, 0.3) is 0 Å². The number of hydrogen-bond acceptors (Lipinski definition) is 3. The molecule has 0 unspecified atom stereocenters. The maximum atomic E-state index is 10.7. The molecule has 18 heavy (non-hydrogen) atoms. The molecule has 0 heterocycles. The number of unbranched alkanes of at least 4 members (excludes halogenated alkanes) is 2. The molecule has 0 aliphatic carbocycles. The molecule has 0 aliphatic rings. The molecule has 3 heteroatoms. The van der Waals surface area contributed by atoms with E-state index in [1.807, 2.05) is 12.1 Å². The summed E-state index contributed by atoms with van der Waals surface area (Å²) in [5.74, 6) is 7.39. The number of benzene rings is 1. The van der Waals surface area contributed by atoms with Gasteiger partial charge in [-0.1, -0.05) is 19.3 Å². The van der Waals surface area contributed by atoms with E-state index in [4.69, 9.17) is 4.74 Å². The minimum Gasteiger partial charge on any atom is -0.427 e. The van der Waals surface area contributed by atoms with Gasteiger partial charge in [0.15, 0.2) is 0 Å². The third-order valence-corrected chi connectivity index (χ3v) is 3.07. The number of ether oxygens (including phenoxy) is 1. The molecule has 0 amide bonds. The molecular weight excluding hydrogens is 244 g/mol. The minimum atomic E-state index is -0.294. The van der Waals surface area contributed by atoms with Crippen LogP contribution in [0, 0.1) is 11.8 Å². The van der Waals surface area contributed by atoms with Crippen LogP contribution in [0.4, 0.5) is 0 Å². The topological polar surface area (TPSA) is 26.3 Å². The van der Waals surface area contributed by atoms with Crippen LogP contribution in [-0.2, 0) is 4.79 Å². The molecule has 0 aromatic heterocycles. The van der Waals surface area contributed by atoms with Crippen LogP contribution in [0.1, 0.15) is 33.1 Å². The predicted molar refractivity (Wildman–Crippen MR) is 75.8 cm³/mol. The fraction of sp³-hybridized carbons (Fsp3) is 0.400. The first-order valence-corrected chi connectivity index (χ1v) is 7.08. The zero-order valence-electron chi connectivity index (χ0n) is 10.9. The van der Waals surface area contributed by atoms with E-state index in [1.165, 1.54) is 19.8 Å². The maximum Gasteiger partial charge on any atom is 0.308 e. The van der Waals surface area contributed by atoms with Gasteiger partial charge in [-0.15, -0.1) is 17.7 Å². The lowest BCUT2D eigenvalue weighted by atomic mass is 10.3. The van der Waals surface area contributed by atoms with Gasteiger partial charge in [0.05, 0.1) is 5.75 Å². The SMILES string of the molecule is CCCCC#CCSc1ccc(OC(C)=O)cc1. The third-order valence-electron chi connectivity index (χ3n) is 2.18. The van der Waals surface area contributed by atoms with Crippen LogP contribution in [0.25, 0.3) is 0 Å². The lowest BCUT2D eigenvalue weighted by molar-refractivity contribution is -0.131. The van der Waals surface area contributed by atoms with Crippen molar-refractivity contribution < 1.29 is 9.53 Å². The molecule has 0 aliphatic heterocycles. The second-order valence-electron chi connectivity index (χ2n) is 3.81. The molecule has 0 saturated heterocycles. The molecule has 0 spiro atoms. The van der Waals surface area contributed by atoms with Crippen molar-refractivity contribution in [1.82, 2.24) is 0 Å². The summed E-state index contributed by atoms with van der Waals surface area (Å²) in [7, 11) is 0. The Balaban J connectivity index is 2.34. The Morgan fingerprint density at radius 2 is 2.00 bits per heavy atom. The molecule has 96 valence electrons. The van der Waals surface area contributed by atoms with Crippen molar-refractivity contribution >= 4 is 17.7 Å². The standard InChI is InChI=1S/C15H18O2S/c1-3-4-5-6-7-12-18-15-10-8-14(9-11-15)17-13(2)16/h8-11H,3-5,12H2,1-2H3. The van der Waals surface area contributed by atoms with E-state index < -0.39 is 0 Å². The first-order chi connectivity index (χ1) is 8.72. The van der Waals surface area contributed by atoms with Gasteiger partial charge in [0.1, 0.15) is 5.75 Å². The van der Waals surface area contributed by atoms with Gasteiger partial charge in [0.2, 0.25) is 0 Å². The number of thioether (sulfide) groups is 1. The second kappa shape index (κ2) is 8.66. The van der Waals surface area contributed by atoms with Crippen LogP contribution in [0.2, 0.25) is 0 Å². The molecular formula is C15H18O2S. The molecule has 1 aromatic carbocycles. The zero-order valence-corrected chi connectivity index (χ0v) is 11.7. The first kappa shape index (κ1) is 14.7. The third kappa shape index (κ3) is 6.36. The van der Waals surface area contributed by atoms with Gasteiger partial charge in [-0.05, 0) is 30.7 Å². The van der Waals surface area contributed by atoms with Crippen LogP contribution in [0.5, 0.6) is 5.75 Å². The number of rotatable bonds is 5. The molecule has 0 atom stereocenters. The van der Waals surface area contributed by atoms with Crippen molar-refractivity contribution in [1.29, 1.82) is 0 Å². The molecule has 0 N–H and O–H groups in total. The Morgan fingerprint density at radius 1 is 1.28 bits per heavy atom. The Labute approximate surface area is 113 Å². The smallest absolute Gasteiger partial charge is 0.308 e. The Bertz CT molecular complexity index is 426. The monoisotopic (exact) mass is 262 g/mol. The van der Waals surface area contributed by atoms with E-state index in [9.17, 15) is 4.79 Å². The van der Waals surface area contributed by atoms with Crippen molar-refractivity contribution in [3.8, 4) is 17.6 Å². The first-order valence-electron chi connectivity index (χ1n) is 6.09. The van der Waals surface area contributed by atoms with E-state index >= 15 is 0 Å². The van der Waals surface area contributed by atoms with Gasteiger partial charge in [-0.2, -0.15) is 0 Å². The van der Waals surface area contributed by atoms with Crippen LogP contribution < -0.4 is 4.74 Å². The number of esters is 1. The molecule has 2 nitrogen and oxygen atoms in total. The largest absolute Gasteiger partial charge is 0.427 e. The average Bonchev–Trinajstić information content (AvgIpc) is 2.35. The highest BCUT2D eigenvalue weighted by Crippen LogP contribution is 2.21. The van der Waals surface area contributed by atoms with Gasteiger partial charge >= 0.3 is 5.97 Å². The fourth-order valence-electron chi connectivity index (χ4n) is 1.29. The second-order valence-corrected chi connectivity index (χ2v) is 4.86. The normalized spacial score (nSPS) is 9.44. The number of carbonyl (C=O) groups excluding carboxylic acids is 1. The van der Waals surface area contributed by atoms with Crippen molar-refractivity contribution in [2.24, 2.45) is 0 Å². The number of carbonyl (C=O) groups is 1. The van der Waals surface area contributed by atoms with Crippen LogP contribution in [0.15, 0.2) is 29.2 Å². The molecule has 0 saturated carbocycles. The summed E-state index contributed by atoms with van der Waals surface area (Å²) in [6.07, 6.45) is 3.36. The summed E-state index contributed by atoms with van der Waals surface area (Å²) in [6, 6.07) is 7.48. The highest BCUT2D eigenvalue weighted by atomic mass is 32.2. The lowest BCUT2D eigenvalue weighted by Crippen LogP contribution is -2.00. The Kier molecular flexibility index (Phi) is 7.05. The quantitative estimate of drug-likeness (QED) is 0.265. The summed E-state index contributed by atoms with van der Waals surface area (Å²) < 4.78 is 4.96. The highest BCUT2D eigenvalue weighted by Gasteiger charge is 1.98. The molecule has 1 rings (SSSR count). The van der Waals surface area contributed by atoms with E-state index in [-0.39, 0.29) is 5.97 Å². The zero-order chi connectivity index (χ0) is 13.2. The summed E-state index contributed by atoms with van der Waals surface area (Å²) in [6.45, 7) is 3.57. The van der Waals surface area contributed by atoms with Crippen LogP contribution >= 0.6 is 11.8 Å². The van der Waals surface area contributed by atoms with Gasteiger partial charge in [-0.25, -0.2) is 0 Å². The van der Waals surface area contributed by atoms with E-state index in [2.05, 4.69) is 18.8 Å². The van der Waals surface area contributed by atoms with Gasteiger partial charge in [0, 0.05) is 18.2 Å². The maximum absolute atomic E-state index is 10.7. The molecule has 0 bridgehead atoms. The summed E-state index contributed by atoms with van der Waals surface area (Å²) in [4.78, 5) is 11.9. The van der Waals surface area contributed by atoms with Gasteiger partial charge < -0.3 is 4.74 Å². The van der Waals surface area contributed by atoms with E-state index in [0.29, 0.717) is 5.75 Å². The van der Waals surface area contributed by atoms with Crippen molar-refractivity contribution in [2.75, 3.05) is 5.75 Å². The average molecular weight is 262 g/mol. The highest BCUT2D eigenvalue weighted by molar-refractivity contribution is 7.99. The van der Waals surface area contributed by atoms with Gasteiger partial charge in [-0.3, -0.25) is 4.79 Å². The lowest BCUT2D eigenvalue weighted by Gasteiger charge is -2.01. The summed E-state index contributed by atoms with van der Waals surface area (Å²) in [5, 5.41) is 0. The number of hydrogen-bond donors (Lipinski definition) is 0. The van der Waals surface area contributed by atoms with Crippen LogP contribution in [-0.4, -0.2) is 11.7 Å². The summed E-state index contributed by atoms with van der Waals surface area (Å²) >= 11 is 1.69. The Morgan fingerprint density at radius 3 is 2.61 bits per heavy atom. The fourth-order valence-corrected chi connectivity index (χ4v) is 1.96. The van der Waals surface area contributed by atoms with E-state index in [0.717, 1.165) is 17.1 Å². The predicted octanol–water partition coefficient (Wildman–Crippen LogP) is 3.90. The van der Waals surface area contributed by atoms with Crippen LogP contribution in [0.3, 0.4) is 0 Å². The molecule has 0 radical (unpaired) electrons. The summed E-state index contributed by atoms with van der Waals surface area (Å²) in [5.41, 5.74) is 0. The molecule has 1 aromatic rings. The van der Waals surface area contributed by atoms with E-state index in [1.54, 1.807) is 23.9 Å². The van der Waals surface area contributed by atoms with Crippen molar-refractivity contribution in [2.45, 2.75) is 38.0 Å². The minimum absolute atomic E-state index is 0.294.